The molecule has 0 saturated heterocycles. The second-order valence-corrected chi connectivity index (χ2v) is 11.4. The highest BCUT2D eigenvalue weighted by molar-refractivity contribution is 6.24. The van der Waals surface area contributed by atoms with Crippen molar-refractivity contribution in [3.8, 4) is 56.3 Å². The summed E-state index contributed by atoms with van der Waals surface area (Å²) in [5, 5.41) is 11.5. The van der Waals surface area contributed by atoms with Gasteiger partial charge in [-0.1, -0.05) is 127 Å². The number of benzene rings is 6. The van der Waals surface area contributed by atoms with Crippen molar-refractivity contribution in [1.82, 2.24) is 25.3 Å². The van der Waals surface area contributed by atoms with E-state index < -0.39 is 0 Å². The van der Waals surface area contributed by atoms with Crippen molar-refractivity contribution in [2.24, 2.45) is 0 Å². The van der Waals surface area contributed by atoms with Gasteiger partial charge in [0.1, 0.15) is 11.0 Å². The molecule has 0 aliphatic carbocycles. The average Bonchev–Trinajstić information content (AvgIpc) is 3.65. The summed E-state index contributed by atoms with van der Waals surface area (Å²) in [5.41, 5.74) is 11.1. The molecular formula is C41H25N5O. The molecule has 6 heteroatoms. The van der Waals surface area contributed by atoms with Crippen LogP contribution in [0.2, 0.25) is 0 Å². The molecule has 0 atom stereocenters. The van der Waals surface area contributed by atoms with Gasteiger partial charge in [0.15, 0.2) is 5.82 Å². The zero-order valence-electron chi connectivity index (χ0n) is 25.1. The smallest absolute Gasteiger partial charge is 0.160 e. The van der Waals surface area contributed by atoms with Gasteiger partial charge in [0.25, 0.3) is 0 Å². The molecule has 0 amide bonds. The highest BCUT2D eigenvalue weighted by Gasteiger charge is 2.19. The third kappa shape index (κ3) is 4.71. The van der Waals surface area contributed by atoms with Gasteiger partial charge in [0.05, 0.1) is 22.6 Å². The van der Waals surface area contributed by atoms with Gasteiger partial charge in [-0.05, 0) is 45.7 Å². The van der Waals surface area contributed by atoms with Crippen LogP contribution in [0.4, 0.5) is 0 Å². The van der Waals surface area contributed by atoms with Crippen LogP contribution in [-0.4, -0.2) is 25.3 Å². The molecule has 0 unspecified atom stereocenters. The molecule has 3 heterocycles. The van der Waals surface area contributed by atoms with Crippen molar-refractivity contribution in [2.45, 2.75) is 0 Å². The van der Waals surface area contributed by atoms with E-state index in [1.54, 1.807) is 0 Å². The van der Waals surface area contributed by atoms with E-state index in [0.717, 1.165) is 77.7 Å². The van der Waals surface area contributed by atoms with Gasteiger partial charge in [-0.25, -0.2) is 19.6 Å². The predicted octanol–water partition coefficient (Wildman–Crippen LogP) is 10.0. The fourth-order valence-corrected chi connectivity index (χ4v) is 6.32. The van der Waals surface area contributed by atoms with Crippen molar-refractivity contribution < 1.29 is 4.63 Å². The van der Waals surface area contributed by atoms with Gasteiger partial charge >= 0.3 is 0 Å². The Bertz CT molecular complexity index is 2490. The maximum atomic E-state index is 5.23. The van der Waals surface area contributed by atoms with Crippen molar-refractivity contribution >= 4 is 32.7 Å². The van der Waals surface area contributed by atoms with Gasteiger partial charge in [-0.2, -0.15) is 0 Å². The maximum absolute atomic E-state index is 5.23. The molecule has 3 aromatic heterocycles. The van der Waals surface area contributed by atoms with E-state index in [9.17, 15) is 0 Å². The lowest BCUT2D eigenvalue weighted by Crippen LogP contribution is -1.96. The minimum absolute atomic E-state index is 0.692. The monoisotopic (exact) mass is 603 g/mol. The van der Waals surface area contributed by atoms with E-state index in [1.165, 1.54) is 0 Å². The Labute approximate surface area is 270 Å². The normalized spacial score (nSPS) is 11.4. The number of pyridine rings is 1. The van der Waals surface area contributed by atoms with E-state index in [2.05, 4.69) is 89.2 Å². The van der Waals surface area contributed by atoms with Crippen LogP contribution in [-0.2, 0) is 0 Å². The quantitative estimate of drug-likeness (QED) is 0.182. The highest BCUT2D eigenvalue weighted by Crippen LogP contribution is 2.40. The summed E-state index contributed by atoms with van der Waals surface area (Å²) >= 11 is 0. The topological polar surface area (TPSA) is 77.6 Å². The molecule has 6 nitrogen and oxygen atoms in total. The van der Waals surface area contributed by atoms with Gasteiger partial charge in [0, 0.05) is 38.4 Å². The number of nitrogens with zero attached hydrogens (tertiary/aromatic N) is 5. The van der Waals surface area contributed by atoms with Crippen LogP contribution in [0, 0.1) is 0 Å². The summed E-state index contributed by atoms with van der Waals surface area (Å²) in [7, 11) is 0. The van der Waals surface area contributed by atoms with Crippen LogP contribution in [0.5, 0.6) is 0 Å². The average molecular weight is 604 g/mol. The number of rotatable bonds is 5. The summed E-state index contributed by atoms with van der Waals surface area (Å²) in [6.07, 6.45) is 0. The van der Waals surface area contributed by atoms with E-state index >= 15 is 0 Å². The summed E-state index contributed by atoms with van der Waals surface area (Å²) < 4.78 is 5.23. The largest absolute Gasteiger partial charge is 0.247 e. The molecule has 0 spiro atoms. The minimum atomic E-state index is 0.692. The zero-order chi connectivity index (χ0) is 31.2. The Morgan fingerprint density at radius 3 is 1.72 bits per heavy atom. The lowest BCUT2D eigenvalue weighted by Gasteiger charge is -2.14. The molecule has 0 N–H and O–H groups in total. The van der Waals surface area contributed by atoms with Gasteiger partial charge < -0.3 is 0 Å². The number of fused-ring (bicyclic) bond motifs is 5. The fourth-order valence-electron chi connectivity index (χ4n) is 6.32. The third-order valence-electron chi connectivity index (χ3n) is 8.57. The second-order valence-electron chi connectivity index (χ2n) is 11.4. The lowest BCUT2D eigenvalue weighted by molar-refractivity contribution is 0.316. The Morgan fingerprint density at radius 1 is 0.404 bits per heavy atom. The second kappa shape index (κ2) is 11.1. The Kier molecular flexibility index (Phi) is 6.35. The first-order valence-electron chi connectivity index (χ1n) is 15.4. The van der Waals surface area contributed by atoms with Crippen molar-refractivity contribution in [3.05, 3.63) is 152 Å². The first kappa shape index (κ1) is 26.8. The zero-order valence-corrected chi connectivity index (χ0v) is 25.1. The van der Waals surface area contributed by atoms with Crippen LogP contribution in [0.15, 0.2) is 156 Å². The van der Waals surface area contributed by atoms with Gasteiger partial charge in [-0.15, -0.1) is 0 Å². The predicted molar refractivity (Wildman–Crippen MR) is 187 cm³/mol. The molecule has 0 radical (unpaired) electrons. The highest BCUT2D eigenvalue weighted by atomic mass is 16.6. The van der Waals surface area contributed by atoms with Crippen LogP contribution < -0.4 is 0 Å². The standard InChI is InChI=1S/C41H25N5O/c1-4-11-27(12-5-1)35-25-36(44-41(43-35)30-15-8-3-9-16-30)28-21-19-26(20-22-28)31-17-10-18-33-37(31)38-32(23-24-34-40(38)46-47-45-34)39(42-33)29-13-6-2-7-14-29/h1-25H. The molecular weight excluding hydrogens is 578 g/mol. The van der Waals surface area contributed by atoms with Gasteiger partial charge in [0.2, 0.25) is 0 Å². The molecule has 0 fully saturated rings. The van der Waals surface area contributed by atoms with Crippen LogP contribution >= 0.6 is 0 Å². The number of hydrogen-bond donors (Lipinski definition) is 0. The maximum Gasteiger partial charge on any atom is 0.160 e. The van der Waals surface area contributed by atoms with Gasteiger partial charge in [-0.3, -0.25) is 0 Å². The Balaban J connectivity index is 1.21. The van der Waals surface area contributed by atoms with Crippen molar-refractivity contribution in [2.75, 3.05) is 0 Å². The summed E-state index contributed by atoms with van der Waals surface area (Å²) in [6, 6.07) is 51.5. The van der Waals surface area contributed by atoms with Crippen LogP contribution in [0.25, 0.3) is 89.0 Å². The van der Waals surface area contributed by atoms with Crippen molar-refractivity contribution in [1.29, 1.82) is 0 Å². The minimum Gasteiger partial charge on any atom is -0.247 e. The summed E-state index contributed by atoms with van der Waals surface area (Å²) in [4.78, 5) is 15.2. The van der Waals surface area contributed by atoms with E-state index in [1.807, 2.05) is 72.8 Å². The molecule has 0 aliphatic heterocycles. The number of hydrogen-bond acceptors (Lipinski definition) is 6. The van der Waals surface area contributed by atoms with E-state index in [0.29, 0.717) is 11.3 Å². The number of aromatic nitrogens is 5. The summed E-state index contributed by atoms with van der Waals surface area (Å²) in [5.74, 6) is 0.692. The SMILES string of the molecule is c1ccc(-c2cc(-c3ccc(-c4cccc5nc(-c6ccccc6)c6ccc7nonc7c6c45)cc3)nc(-c3ccccc3)n2)cc1. The van der Waals surface area contributed by atoms with Crippen LogP contribution in [0.1, 0.15) is 0 Å². The van der Waals surface area contributed by atoms with Crippen molar-refractivity contribution in [3.63, 3.8) is 0 Å². The third-order valence-corrected chi connectivity index (χ3v) is 8.57. The van der Waals surface area contributed by atoms with E-state index in [-0.39, 0.29) is 0 Å². The fraction of sp³-hybridized carbons (Fsp3) is 0. The molecule has 47 heavy (non-hydrogen) atoms. The Hall–Kier alpha value is -6.53. The van der Waals surface area contributed by atoms with E-state index in [4.69, 9.17) is 19.6 Å². The molecule has 9 aromatic rings. The van der Waals surface area contributed by atoms with Crippen LogP contribution in [0.3, 0.4) is 0 Å². The Morgan fingerprint density at radius 2 is 1.02 bits per heavy atom. The first-order chi connectivity index (χ1) is 23.3. The molecule has 0 aliphatic rings. The molecule has 6 aromatic carbocycles. The molecule has 0 bridgehead atoms. The lowest BCUT2D eigenvalue weighted by atomic mass is 9.93. The summed E-state index contributed by atoms with van der Waals surface area (Å²) in [6.45, 7) is 0. The molecule has 9 rings (SSSR count). The first-order valence-corrected chi connectivity index (χ1v) is 15.4. The molecule has 220 valence electrons. The molecule has 0 saturated carbocycles.